The second kappa shape index (κ2) is 7.55. The summed E-state index contributed by atoms with van der Waals surface area (Å²) in [5.41, 5.74) is 3.20. The molecule has 1 aromatic carbocycles. The number of aliphatic hydroxyl groups excluding tert-OH is 1. The molecule has 2 atom stereocenters. The van der Waals surface area contributed by atoms with Gasteiger partial charge in [-0.2, -0.15) is 5.10 Å². The molecule has 1 aliphatic heterocycles. The van der Waals surface area contributed by atoms with Crippen LogP contribution in [0, 0.1) is 12.8 Å². The van der Waals surface area contributed by atoms with Crippen LogP contribution >= 0.6 is 11.6 Å². The molecule has 1 fully saturated rings. The highest BCUT2D eigenvalue weighted by atomic mass is 35.5. The van der Waals surface area contributed by atoms with Crippen molar-refractivity contribution in [1.82, 2.24) is 15.1 Å². The highest BCUT2D eigenvalue weighted by molar-refractivity contribution is 6.32. The van der Waals surface area contributed by atoms with Crippen molar-refractivity contribution in [2.24, 2.45) is 5.92 Å². The molecule has 0 spiro atoms. The first-order valence-corrected chi connectivity index (χ1v) is 8.75. The van der Waals surface area contributed by atoms with Crippen molar-refractivity contribution in [2.45, 2.75) is 32.9 Å². The molecule has 5 nitrogen and oxygen atoms in total. The molecule has 0 unspecified atom stereocenters. The molecule has 1 aliphatic rings. The Morgan fingerprint density at radius 1 is 1.38 bits per heavy atom. The predicted molar refractivity (Wildman–Crippen MR) is 94.4 cm³/mol. The minimum Gasteiger partial charge on any atom is -0.492 e. The number of hydrogen-bond donors (Lipinski definition) is 2. The Bertz CT molecular complexity index is 689. The molecule has 1 saturated heterocycles. The first kappa shape index (κ1) is 17.3. The number of aliphatic hydroxyl groups is 1. The largest absolute Gasteiger partial charge is 0.492 e. The molecule has 0 bridgehead atoms. The topological polar surface area (TPSA) is 61.4 Å². The summed E-state index contributed by atoms with van der Waals surface area (Å²) in [6, 6.07) is 7.94. The van der Waals surface area contributed by atoms with Crippen molar-refractivity contribution in [2.75, 3.05) is 19.7 Å². The number of likely N-dealkylation sites (tertiary alicyclic amines) is 1. The van der Waals surface area contributed by atoms with E-state index in [2.05, 4.69) is 15.1 Å². The van der Waals surface area contributed by atoms with Gasteiger partial charge in [-0.05, 0) is 44.0 Å². The summed E-state index contributed by atoms with van der Waals surface area (Å²) < 4.78 is 5.47. The number of benzene rings is 1. The van der Waals surface area contributed by atoms with E-state index in [4.69, 9.17) is 16.3 Å². The molecule has 2 aromatic rings. The zero-order valence-electron chi connectivity index (χ0n) is 14.1. The fraction of sp³-hybridized carbons (Fsp3) is 0.500. The Kier molecular flexibility index (Phi) is 5.43. The molecule has 0 saturated carbocycles. The quantitative estimate of drug-likeness (QED) is 0.841. The van der Waals surface area contributed by atoms with E-state index in [1.165, 1.54) is 0 Å². The Balaban J connectivity index is 1.59. The number of halogens is 1. The maximum Gasteiger partial charge on any atom is 0.137 e. The van der Waals surface area contributed by atoms with Gasteiger partial charge in [0.1, 0.15) is 5.75 Å². The molecule has 2 N–H and O–H groups in total. The van der Waals surface area contributed by atoms with Crippen LogP contribution in [0.4, 0.5) is 0 Å². The van der Waals surface area contributed by atoms with Crippen LogP contribution in [0.1, 0.15) is 23.9 Å². The Morgan fingerprint density at radius 2 is 2.21 bits per heavy atom. The van der Waals surface area contributed by atoms with Gasteiger partial charge in [-0.15, -0.1) is 0 Å². The van der Waals surface area contributed by atoms with Gasteiger partial charge < -0.3 is 9.84 Å². The standard InChI is InChI=1S/C18H24ClN3O2/c1-3-24-18-5-4-13(7-16(18)19)9-22-10-14(17(23)11-22)8-15-6-12(2)20-21-15/h4-7,14,17,23H,3,8-11H2,1-2H3,(H,20,21)/t14-,17-/m1/s1. The molecule has 3 rings (SSSR count). The van der Waals surface area contributed by atoms with Gasteiger partial charge >= 0.3 is 0 Å². The summed E-state index contributed by atoms with van der Waals surface area (Å²) in [7, 11) is 0. The van der Waals surface area contributed by atoms with Crippen LogP contribution in [0.5, 0.6) is 5.75 Å². The second-order valence-corrected chi connectivity index (χ2v) is 6.87. The average Bonchev–Trinajstić information content (AvgIpc) is 3.09. The summed E-state index contributed by atoms with van der Waals surface area (Å²) >= 11 is 6.26. The molecule has 6 heteroatoms. The van der Waals surface area contributed by atoms with Crippen molar-refractivity contribution in [3.8, 4) is 5.75 Å². The molecular formula is C18H24ClN3O2. The highest BCUT2D eigenvalue weighted by Crippen LogP contribution is 2.28. The Labute approximate surface area is 147 Å². The molecular weight excluding hydrogens is 326 g/mol. The van der Waals surface area contributed by atoms with E-state index < -0.39 is 0 Å². The third kappa shape index (κ3) is 4.09. The van der Waals surface area contributed by atoms with Crippen LogP contribution < -0.4 is 4.74 Å². The van der Waals surface area contributed by atoms with E-state index in [1.807, 2.05) is 38.1 Å². The summed E-state index contributed by atoms with van der Waals surface area (Å²) in [6.07, 6.45) is 0.478. The lowest BCUT2D eigenvalue weighted by molar-refractivity contribution is 0.140. The normalized spacial score (nSPS) is 21.3. The van der Waals surface area contributed by atoms with Gasteiger partial charge in [0.05, 0.1) is 23.4 Å². The Morgan fingerprint density at radius 3 is 2.88 bits per heavy atom. The minimum absolute atomic E-state index is 0.214. The number of nitrogens with zero attached hydrogens (tertiary/aromatic N) is 2. The number of β-amino-alcohol motifs (C(OH)–C–C–N with tert-alkyl or cyclic N) is 1. The summed E-state index contributed by atoms with van der Waals surface area (Å²) in [5, 5.41) is 18.2. The van der Waals surface area contributed by atoms with Gasteiger partial charge in [0, 0.05) is 31.2 Å². The lowest BCUT2D eigenvalue weighted by Crippen LogP contribution is -2.21. The lowest BCUT2D eigenvalue weighted by atomic mass is 10.0. The first-order chi connectivity index (χ1) is 11.5. The van der Waals surface area contributed by atoms with Gasteiger partial charge in [-0.1, -0.05) is 17.7 Å². The zero-order valence-corrected chi connectivity index (χ0v) is 14.9. The van der Waals surface area contributed by atoms with E-state index in [9.17, 15) is 5.11 Å². The molecule has 1 aromatic heterocycles. The SMILES string of the molecule is CCOc1ccc(CN2C[C@@H](Cc3cc(C)[nH]n3)[C@H](O)C2)cc1Cl. The van der Waals surface area contributed by atoms with E-state index in [-0.39, 0.29) is 12.0 Å². The van der Waals surface area contributed by atoms with Gasteiger partial charge in [0.25, 0.3) is 0 Å². The van der Waals surface area contributed by atoms with E-state index in [1.54, 1.807) is 0 Å². The number of H-pyrrole nitrogens is 1. The van der Waals surface area contributed by atoms with Gasteiger partial charge in [-0.25, -0.2) is 0 Å². The van der Waals surface area contributed by atoms with Gasteiger partial charge in [0.15, 0.2) is 0 Å². The maximum absolute atomic E-state index is 10.3. The minimum atomic E-state index is -0.319. The van der Waals surface area contributed by atoms with Crippen molar-refractivity contribution in [1.29, 1.82) is 0 Å². The third-order valence-electron chi connectivity index (χ3n) is 4.41. The molecule has 130 valence electrons. The van der Waals surface area contributed by atoms with Crippen LogP contribution in [0.3, 0.4) is 0 Å². The first-order valence-electron chi connectivity index (χ1n) is 8.37. The number of aromatic amines is 1. The van der Waals surface area contributed by atoms with E-state index in [0.29, 0.717) is 18.2 Å². The smallest absolute Gasteiger partial charge is 0.137 e. The number of hydrogen-bond acceptors (Lipinski definition) is 4. The number of aromatic nitrogens is 2. The number of rotatable bonds is 6. The maximum atomic E-state index is 10.3. The molecule has 0 radical (unpaired) electrons. The number of aryl methyl sites for hydroxylation is 1. The summed E-state index contributed by atoms with van der Waals surface area (Å²) in [6.45, 7) is 6.85. The van der Waals surface area contributed by atoms with Gasteiger partial charge in [-0.3, -0.25) is 10.00 Å². The van der Waals surface area contributed by atoms with Crippen LogP contribution in [-0.2, 0) is 13.0 Å². The van der Waals surface area contributed by atoms with Gasteiger partial charge in [0.2, 0.25) is 0 Å². The number of ether oxygens (including phenoxy) is 1. The van der Waals surface area contributed by atoms with Crippen LogP contribution in [0.25, 0.3) is 0 Å². The fourth-order valence-electron chi connectivity index (χ4n) is 3.29. The zero-order chi connectivity index (χ0) is 17.1. The molecule has 0 aliphatic carbocycles. The monoisotopic (exact) mass is 349 g/mol. The summed E-state index contributed by atoms with van der Waals surface area (Å²) in [5.74, 6) is 0.932. The third-order valence-corrected chi connectivity index (χ3v) is 4.71. The highest BCUT2D eigenvalue weighted by Gasteiger charge is 2.31. The second-order valence-electron chi connectivity index (χ2n) is 6.47. The van der Waals surface area contributed by atoms with Crippen LogP contribution in [0.15, 0.2) is 24.3 Å². The van der Waals surface area contributed by atoms with Crippen molar-refractivity contribution >= 4 is 11.6 Å². The van der Waals surface area contributed by atoms with Crippen molar-refractivity contribution in [3.63, 3.8) is 0 Å². The van der Waals surface area contributed by atoms with E-state index >= 15 is 0 Å². The molecule has 0 amide bonds. The molecule has 2 heterocycles. The lowest BCUT2D eigenvalue weighted by Gasteiger charge is -2.16. The van der Waals surface area contributed by atoms with Crippen molar-refractivity contribution < 1.29 is 9.84 Å². The van der Waals surface area contributed by atoms with E-state index in [0.717, 1.165) is 42.2 Å². The van der Waals surface area contributed by atoms with Crippen LogP contribution in [-0.4, -0.2) is 46.0 Å². The summed E-state index contributed by atoms with van der Waals surface area (Å²) in [4.78, 5) is 2.26. The van der Waals surface area contributed by atoms with Crippen LogP contribution in [0.2, 0.25) is 5.02 Å². The Hall–Kier alpha value is -1.56. The molecule has 24 heavy (non-hydrogen) atoms. The average molecular weight is 350 g/mol. The predicted octanol–water partition coefficient (Wildman–Crippen LogP) is 2.81. The van der Waals surface area contributed by atoms with Crippen molar-refractivity contribution in [3.05, 3.63) is 46.2 Å². The number of nitrogens with one attached hydrogen (secondary N) is 1. The fourth-order valence-corrected chi connectivity index (χ4v) is 3.55.